The molecule has 0 saturated carbocycles. The monoisotopic (exact) mass is 393 g/mol. The fourth-order valence-corrected chi connectivity index (χ4v) is 2.98. The number of benzene rings is 2. The zero-order valence-corrected chi connectivity index (χ0v) is 16.8. The average molecular weight is 393 g/mol. The highest BCUT2D eigenvalue weighted by Gasteiger charge is 2.14. The van der Waals surface area contributed by atoms with E-state index in [0.717, 1.165) is 16.0 Å². The zero-order valence-electron chi connectivity index (χ0n) is 16.8. The maximum Gasteiger partial charge on any atom is 0.281 e. The number of carbonyl (C=O) groups excluding carboxylic acids is 2. The molecule has 1 heterocycles. The van der Waals surface area contributed by atoms with E-state index in [1.54, 1.807) is 25.2 Å². The largest absolute Gasteiger partial charge is 0.355 e. The Morgan fingerprint density at radius 2 is 1.76 bits per heavy atom. The summed E-state index contributed by atoms with van der Waals surface area (Å²) in [5.74, 6) is 0.0538. The van der Waals surface area contributed by atoms with Crippen molar-refractivity contribution in [2.24, 2.45) is 0 Å². The second-order valence-electron chi connectivity index (χ2n) is 7.08. The topological polar surface area (TPSA) is 88.7 Å². The summed E-state index contributed by atoms with van der Waals surface area (Å²) in [5, 5.41) is 9.36. The molecule has 2 amide bonds. The number of hydrogen-bond donors (Lipinski definition) is 3. The first-order chi connectivity index (χ1) is 13.9. The second-order valence-corrected chi connectivity index (χ2v) is 7.08. The minimum absolute atomic E-state index is 0.117. The van der Waals surface area contributed by atoms with Crippen LogP contribution in [0.1, 0.15) is 21.5 Å². The third-order valence-electron chi connectivity index (χ3n) is 4.53. The Kier molecular flexibility index (Phi) is 6.41. The highest BCUT2D eigenvalue weighted by Crippen LogP contribution is 2.21. The molecule has 0 fully saturated rings. The van der Waals surface area contributed by atoms with Crippen LogP contribution in [0.3, 0.4) is 0 Å². The van der Waals surface area contributed by atoms with Crippen LogP contribution in [0.4, 0.5) is 5.88 Å². The molecule has 2 aromatic carbocycles. The predicted octanol–water partition coefficient (Wildman–Crippen LogP) is 1.66. The van der Waals surface area contributed by atoms with E-state index in [1.165, 1.54) is 5.56 Å². The van der Waals surface area contributed by atoms with Gasteiger partial charge in [-0.15, -0.1) is 0 Å². The Hall–Kier alpha value is -3.45. The second kappa shape index (κ2) is 9.16. The minimum Gasteiger partial charge on any atom is -0.355 e. The Balaban J connectivity index is 1.52. The quantitative estimate of drug-likeness (QED) is 0.570. The summed E-state index contributed by atoms with van der Waals surface area (Å²) < 4.78 is 5.24. The van der Waals surface area contributed by atoms with Gasteiger partial charge in [-0.2, -0.15) is 0 Å². The third-order valence-corrected chi connectivity index (χ3v) is 4.53. The van der Waals surface area contributed by atoms with E-state index in [2.05, 4.69) is 15.8 Å². The van der Waals surface area contributed by atoms with E-state index < -0.39 is 0 Å². The fraction of sp³-hybridized carbons (Fsp3) is 0.227. The molecule has 7 heteroatoms. The van der Waals surface area contributed by atoms with Gasteiger partial charge in [0.15, 0.2) is 6.54 Å². The molecule has 1 atom stereocenters. The number of nitrogens with zero attached hydrogens (tertiary/aromatic N) is 1. The van der Waals surface area contributed by atoms with E-state index in [4.69, 9.17) is 4.52 Å². The number of likely N-dealkylation sites (N-methyl/N-ethyl adjacent to an activating group) is 1. The molecule has 3 N–H and O–H groups in total. The van der Waals surface area contributed by atoms with Crippen molar-refractivity contribution < 1.29 is 19.0 Å². The number of aryl methyl sites for hydroxylation is 1. The maximum absolute atomic E-state index is 12.3. The Labute approximate surface area is 169 Å². The van der Waals surface area contributed by atoms with E-state index >= 15 is 0 Å². The molecule has 0 aliphatic carbocycles. The first kappa shape index (κ1) is 20.3. The molecular weight excluding hydrogens is 368 g/mol. The van der Waals surface area contributed by atoms with Crippen LogP contribution in [0.2, 0.25) is 0 Å². The number of quaternary nitrogens is 1. The summed E-state index contributed by atoms with van der Waals surface area (Å²) in [6.07, 6.45) is 0. The Bertz CT molecular complexity index is 978. The fourth-order valence-electron chi connectivity index (χ4n) is 2.98. The van der Waals surface area contributed by atoms with Crippen molar-refractivity contribution in [1.29, 1.82) is 0 Å². The predicted molar refractivity (Wildman–Crippen MR) is 111 cm³/mol. The van der Waals surface area contributed by atoms with Crippen LogP contribution in [0.15, 0.2) is 59.1 Å². The lowest BCUT2D eigenvalue weighted by Gasteiger charge is -2.13. The van der Waals surface area contributed by atoms with Gasteiger partial charge >= 0.3 is 0 Å². The molecule has 0 aliphatic rings. The van der Waals surface area contributed by atoms with E-state index in [9.17, 15) is 9.59 Å². The zero-order chi connectivity index (χ0) is 20.8. The number of aromatic nitrogens is 1. The van der Waals surface area contributed by atoms with Crippen molar-refractivity contribution in [1.82, 2.24) is 10.5 Å². The highest BCUT2D eigenvalue weighted by atomic mass is 16.5. The SMILES string of the molecule is CNC(=O)c1ccc(C[NH+](C)CC(=O)Nc2cc(-c3ccc(C)cc3)no2)cc1. The van der Waals surface area contributed by atoms with Crippen molar-refractivity contribution in [2.45, 2.75) is 13.5 Å². The van der Waals surface area contributed by atoms with Crippen LogP contribution in [-0.2, 0) is 11.3 Å². The summed E-state index contributed by atoms with van der Waals surface area (Å²) >= 11 is 0. The van der Waals surface area contributed by atoms with Crippen LogP contribution in [0.5, 0.6) is 0 Å². The standard InChI is InChI=1S/C22H24N4O3/c1-15-4-8-17(9-5-15)19-12-21(29-25-19)24-20(27)14-26(3)13-16-6-10-18(11-7-16)22(28)23-2/h4-12H,13-14H2,1-3H3,(H,23,28)(H,24,27)/p+1. The third kappa shape index (κ3) is 5.52. The van der Waals surface area contributed by atoms with Gasteiger partial charge in [0.1, 0.15) is 12.2 Å². The Morgan fingerprint density at radius 3 is 2.41 bits per heavy atom. The maximum atomic E-state index is 12.3. The van der Waals surface area contributed by atoms with Gasteiger partial charge in [0, 0.05) is 29.8 Å². The Morgan fingerprint density at radius 1 is 1.07 bits per heavy atom. The van der Waals surface area contributed by atoms with Crippen molar-refractivity contribution in [2.75, 3.05) is 26.0 Å². The van der Waals surface area contributed by atoms with Crippen LogP contribution in [0.25, 0.3) is 11.3 Å². The molecule has 0 saturated heterocycles. The van der Waals surface area contributed by atoms with Gasteiger partial charge in [-0.1, -0.05) is 47.1 Å². The molecule has 0 radical (unpaired) electrons. The van der Waals surface area contributed by atoms with Gasteiger partial charge in [-0.05, 0) is 19.1 Å². The van der Waals surface area contributed by atoms with Gasteiger partial charge in [0.2, 0.25) is 5.88 Å². The number of carbonyl (C=O) groups is 2. The molecule has 0 aliphatic heterocycles. The summed E-state index contributed by atoms with van der Waals surface area (Å²) in [6.45, 7) is 2.96. The molecular formula is C22H25N4O3+. The lowest BCUT2D eigenvalue weighted by molar-refractivity contribution is -0.885. The smallest absolute Gasteiger partial charge is 0.281 e. The molecule has 29 heavy (non-hydrogen) atoms. The van der Waals surface area contributed by atoms with Crippen molar-refractivity contribution in [3.8, 4) is 11.3 Å². The van der Waals surface area contributed by atoms with Crippen LogP contribution >= 0.6 is 0 Å². The summed E-state index contributed by atoms with van der Waals surface area (Å²) in [5.41, 5.74) is 4.44. The number of amides is 2. The number of rotatable bonds is 7. The normalized spacial score (nSPS) is 11.7. The first-order valence-corrected chi connectivity index (χ1v) is 9.40. The molecule has 0 spiro atoms. The lowest BCUT2D eigenvalue weighted by atomic mass is 10.1. The van der Waals surface area contributed by atoms with Gasteiger partial charge in [-0.3, -0.25) is 14.9 Å². The minimum atomic E-state index is -0.156. The van der Waals surface area contributed by atoms with Crippen LogP contribution in [-0.4, -0.2) is 37.6 Å². The van der Waals surface area contributed by atoms with Gasteiger partial charge < -0.3 is 14.7 Å². The lowest BCUT2D eigenvalue weighted by Crippen LogP contribution is -3.08. The summed E-state index contributed by atoms with van der Waals surface area (Å²) in [4.78, 5) is 24.9. The van der Waals surface area contributed by atoms with Crippen LogP contribution in [0, 0.1) is 6.92 Å². The summed E-state index contributed by atoms with van der Waals surface area (Å²) in [6, 6.07) is 17.0. The molecule has 0 bridgehead atoms. The van der Waals surface area contributed by atoms with Crippen molar-refractivity contribution >= 4 is 17.7 Å². The van der Waals surface area contributed by atoms with Crippen LogP contribution < -0.4 is 15.5 Å². The van der Waals surface area contributed by atoms with Crippen molar-refractivity contribution in [3.63, 3.8) is 0 Å². The first-order valence-electron chi connectivity index (χ1n) is 9.40. The average Bonchev–Trinajstić information content (AvgIpc) is 3.16. The molecule has 1 aromatic heterocycles. The van der Waals surface area contributed by atoms with Crippen molar-refractivity contribution in [3.05, 3.63) is 71.3 Å². The van der Waals surface area contributed by atoms with Gasteiger partial charge in [-0.25, -0.2) is 0 Å². The van der Waals surface area contributed by atoms with E-state index in [-0.39, 0.29) is 18.4 Å². The van der Waals surface area contributed by atoms with E-state index in [1.807, 2.05) is 50.4 Å². The number of hydrogen-bond acceptors (Lipinski definition) is 4. The molecule has 3 aromatic rings. The summed E-state index contributed by atoms with van der Waals surface area (Å²) in [7, 11) is 3.54. The van der Waals surface area contributed by atoms with Gasteiger partial charge in [0.25, 0.3) is 11.8 Å². The van der Waals surface area contributed by atoms with Gasteiger partial charge in [0.05, 0.1) is 7.05 Å². The molecule has 3 rings (SSSR count). The highest BCUT2D eigenvalue weighted by molar-refractivity contribution is 5.94. The number of anilines is 1. The van der Waals surface area contributed by atoms with E-state index in [0.29, 0.717) is 23.7 Å². The molecule has 1 unspecified atom stereocenters. The number of nitrogens with one attached hydrogen (secondary N) is 3. The molecule has 150 valence electrons. The molecule has 7 nitrogen and oxygen atoms in total.